The van der Waals surface area contributed by atoms with E-state index in [1.54, 1.807) is 0 Å². The van der Waals surface area contributed by atoms with Crippen LogP contribution in [0.4, 0.5) is 5.82 Å². The van der Waals surface area contributed by atoms with Crippen LogP contribution >= 0.6 is 0 Å². The summed E-state index contributed by atoms with van der Waals surface area (Å²) in [6.45, 7) is 2.05. The second kappa shape index (κ2) is 6.16. The van der Waals surface area contributed by atoms with E-state index in [0.717, 1.165) is 41.8 Å². The van der Waals surface area contributed by atoms with Crippen molar-refractivity contribution in [1.29, 1.82) is 0 Å². The van der Waals surface area contributed by atoms with Gasteiger partial charge in [0.2, 0.25) is 11.8 Å². The zero-order chi connectivity index (χ0) is 20.3. The number of anilines is 1. The van der Waals surface area contributed by atoms with Gasteiger partial charge >= 0.3 is 0 Å². The molecule has 2 aromatic heterocycles. The highest BCUT2D eigenvalue weighted by Crippen LogP contribution is 2.58. The molecule has 30 heavy (non-hydrogen) atoms. The molecule has 0 saturated heterocycles. The molecule has 2 aromatic carbocycles. The van der Waals surface area contributed by atoms with E-state index in [1.807, 2.05) is 41.9 Å². The number of nitrogen functional groups attached to an aromatic ring is 1. The van der Waals surface area contributed by atoms with Crippen LogP contribution in [0.1, 0.15) is 40.8 Å². The fourth-order valence-electron chi connectivity index (χ4n) is 5.27. The normalized spacial score (nSPS) is 19.0. The third kappa shape index (κ3) is 2.16. The first-order valence-corrected chi connectivity index (χ1v) is 10.2. The Balaban J connectivity index is 1.74. The summed E-state index contributed by atoms with van der Waals surface area (Å²) in [5.41, 5.74) is 12.4. The zero-order valence-corrected chi connectivity index (χ0v) is 16.7. The van der Waals surface area contributed by atoms with E-state index in [4.69, 9.17) is 15.6 Å². The summed E-state index contributed by atoms with van der Waals surface area (Å²) in [6, 6.07) is 18.7. The van der Waals surface area contributed by atoms with Gasteiger partial charge in [-0.05, 0) is 49.4 Å². The van der Waals surface area contributed by atoms with E-state index in [9.17, 15) is 0 Å². The molecule has 1 aliphatic heterocycles. The highest BCUT2D eigenvalue weighted by atomic mass is 16.5. The zero-order valence-electron chi connectivity index (χ0n) is 16.7. The summed E-state index contributed by atoms with van der Waals surface area (Å²) >= 11 is 0. The Kier molecular flexibility index (Phi) is 3.53. The van der Waals surface area contributed by atoms with Gasteiger partial charge < -0.3 is 10.5 Å². The van der Waals surface area contributed by atoms with Gasteiger partial charge in [-0.25, -0.2) is 14.6 Å². The first-order valence-electron chi connectivity index (χ1n) is 10.2. The van der Waals surface area contributed by atoms with Crippen LogP contribution in [-0.2, 0) is 11.8 Å². The molecule has 6 heteroatoms. The lowest BCUT2D eigenvalue weighted by Crippen LogP contribution is -2.38. The SMILES string of the molecule is Cc1nn(-c2ccccc2)c2c1C1(CCCc3ccccc31)c1c(N)ncnc1O2. The van der Waals surface area contributed by atoms with Crippen molar-refractivity contribution < 1.29 is 4.74 Å². The van der Waals surface area contributed by atoms with Crippen LogP contribution in [0.15, 0.2) is 60.9 Å². The van der Waals surface area contributed by atoms with Gasteiger partial charge in [0.1, 0.15) is 12.1 Å². The molecular formula is C24H21N5O. The minimum absolute atomic E-state index is 0.467. The quantitative estimate of drug-likeness (QED) is 0.519. The molecule has 0 amide bonds. The molecule has 1 atom stereocenters. The van der Waals surface area contributed by atoms with Crippen LogP contribution in [0.5, 0.6) is 11.8 Å². The molecule has 0 fully saturated rings. The van der Waals surface area contributed by atoms with Crippen molar-refractivity contribution in [2.45, 2.75) is 31.6 Å². The van der Waals surface area contributed by atoms with E-state index in [0.29, 0.717) is 17.6 Å². The van der Waals surface area contributed by atoms with Crippen molar-refractivity contribution >= 4 is 5.82 Å². The van der Waals surface area contributed by atoms with Gasteiger partial charge in [0.25, 0.3) is 0 Å². The van der Waals surface area contributed by atoms with E-state index < -0.39 is 5.41 Å². The Morgan fingerprint density at radius 2 is 1.80 bits per heavy atom. The van der Waals surface area contributed by atoms with E-state index in [-0.39, 0.29) is 0 Å². The summed E-state index contributed by atoms with van der Waals surface area (Å²) in [7, 11) is 0. The van der Waals surface area contributed by atoms with E-state index in [2.05, 4.69) is 34.2 Å². The molecule has 0 saturated carbocycles. The molecule has 1 spiro atoms. The number of para-hydroxylation sites is 1. The lowest BCUT2D eigenvalue weighted by Gasteiger charge is -2.42. The maximum atomic E-state index is 6.47. The van der Waals surface area contributed by atoms with Crippen molar-refractivity contribution in [3.05, 3.63) is 88.9 Å². The van der Waals surface area contributed by atoms with Crippen LogP contribution in [0.25, 0.3) is 5.69 Å². The summed E-state index contributed by atoms with van der Waals surface area (Å²) in [5, 5.41) is 4.90. The van der Waals surface area contributed by atoms with Gasteiger partial charge in [0.15, 0.2) is 0 Å². The first kappa shape index (κ1) is 17.2. The summed E-state index contributed by atoms with van der Waals surface area (Å²) in [4.78, 5) is 8.83. The largest absolute Gasteiger partial charge is 0.420 e. The molecule has 6 nitrogen and oxygen atoms in total. The monoisotopic (exact) mass is 395 g/mol. The maximum Gasteiger partial charge on any atom is 0.230 e. The number of nitrogens with zero attached hydrogens (tertiary/aromatic N) is 4. The number of hydrogen-bond donors (Lipinski definition) is 1. The van der Waals surface area contributed by atoms with Crippen LogP contribution in [0, 0.1) is 6.92 Å². The molecule has 6 rings (SSSR count). The predicted molar refractivity (Wildman–Crippen MR) is 114 cm³/mol. The highest BCUT2D eigenvalue weighted by molar-refractivity contribution is 5.69. The molecule has 0 radical (unpaired) electrons. The van der Waals surface area contributed by atoms with Gasteiger partial charge in [0.05, 0.1) is 27.9 Å². The molecule has 3 heterocycles. The Morgan fingerprint density at radius 3 is 2.67 bits per heavy atom. The Hall–Kier alpha value is -3.67. The average molecular weight is 395 g/mol. The molecule has 148 valence electrons. The van der Waals surface area contributed by atoms with Crippen molar-refractivity contribution in [3.8, 4) is 17.4 Å². The standard InChI is InChI=1S/C24H21N5O/c1-15-19-23(29(28-15)17-10-3-2-4-11-17)30-22-20(21(25)26-14-27-22)24(19)13-7-9-16-8-5-6-12-18(16)24/h2-6,8,10-12,14H,7,9,13H2,1H3,(H2,25,26,27). The van der Waals surface area contributed by atoms with Crippen molar-refractivity contribution in [3.63, 3.8) is 0 Å². The third-order valence-electron chi connectivity index (χ3n) is 6.38. The minimum atomic E-state index is -0.472. The molecule has 2 aliphatic rings. The van der Waals surface area contributed by atoms with Crippen LogP contribution in [-0.4, -0.2) is 19.7 Å². The van der Waals surface area contributed by atoms with Gasteiger partial charge in [-0.15, -0.1) is 0 Å². The smallest absolute Gasteiger partial charge is 0.230 e. The van der Waals surface area contributed by atoms with Crippen LogP contribution in [0.3, 0.4) is 0 Å². The molecule has 2 N–H and O–H groups in total. The number of hydrogen-bond acceptors (Lipinski definition) is 5. The predicted octanol–water partition coefficient (Wildman–Crippen LogP) is 4.33. The average Bonchev–Trinajstić information content (AvgIpc) is 3.11. The Labute approximate surface area is 174 Å². The van der Waals surface area contributed by atoms with Gasteiger partial charge in [0, 0.05) is 0 Å². The van der Waals surface area contributed by atoms with Crippen LogP contribution in [0.2, 0.25) is 0 Å². The number of rotatable bonds is 1. The number of nitrogens with two attached hydrogens (primary N) is 1. The molecule has 0 bridgehead atoms. The van der Waals surface area contributed by atoms with Crippen molar-refractivity contribution in [1.82, 2.24) is 19.7 Å². The second-order valence-electron chi connectivity index (χ2n) is 7.97. The summed E-state index contributed by atoms with van der Waals surface area (Å²) < 4.78 is 8.26. The number of aromatic nitrogens is 4. The summed E-state index contributed by atoms with van der Waals surface area (Å²) in [5.74, 6) is 1.69. The summed E-state index contributed by atoms with van der Waals surface area (Å²) in [6.07, 6.45) is 4.47. The minimum Gasteiger partial charge on any atom is -0.420 e. The molecule has 4 aromatic rings. The number of fused-ring (bicyclic) bond motifs is 6. The fraction of sp³-hybridized carbons (Fsp3) is 0.208. The Bertz CT molecular complexity index is 1280. The molecule has 1 unspecified atom stereocenters. The van der Waals surface area contributed by atoms with Gasteiger partial charge in [-0.3, -0.25) is 0 Å². The lowest BCUT2D eigenvalue weighted by molar-refractivity contribution is 0.360. The highest BCUT2D eigenvalue weighted by Gasteiger charge is 2.51. The number of aryl methyl sites for hydroxylation is 2. The first-order chi connectivity index (χ1) is 14.7. The van der Waals surface area contributed by atoms with Gasteiger partial charge in [-0.1, -0.05) is 42.5 Å². The number of benzene rings is 2. The van der Waals surface area contributed by atoms with E-state index >= 15 is 0 Å². The van der Waals surface area contributed by atoms with Gasteiger partial charge in [-0.2, -0.15) is 5.10 Å². The van der Waals surface area contributed by atoms with Crippen molar-refractivity contribution in [2.24, 2.45) is 0 Å². The Morgan fingerprint density at radius 1 is 1.00 bits per heavy atom. The van der Waals surface area contributed by atoms with Crippen LogP contribution < -0.4 is 10.5 Å². The second-order valence-corrected chi connectivity index (χ2v) is 7.97. The topological polar surface area (TPSA) is 78.9 Å². The number of ether oxygens (including phenoxy) is 1. The lowest BCUT2D eigenvalue weighted by atomic mass is 9.61. The molecular weight excluding hydrogens is 374 g/mol. The van der Waals surface area contributed by atoms with E-state index in [1.165, 1.54) is 17.5 Å². The maximum absolute atomic E-state index is 6.47. The fourth-order valence-corrected chi connectivity index (χ4v) is 5.27. The third-order valence-corrected chi connectivity index (χ3v) is 6.38. The van der Waals surface area contributed by atoms with Crippen molar-refractivity contribution in [2.75, 3.05) is 5.73 Å². The molecule has 1 aliphatic carbocycles.